The summed E-state index contributed by atoms with van der Waals surface area (Å²) in [5.74, 6) is 1.74. The highest BCUT2D eigenvalue weighted by Gasteiger charge is 2.50. The molecule has 1 spiro atoms. The van der Waals surface area contributed by atoms with Crippen LogP contribution >= 0.6 is 0 Å². The van der Waals surface area contributed by atoms with Crippen molar-refractivity contribution in [1.29, 1.82) is 0 Å². The third kappa shape index (κ3) is 4.74. The minimum absolute atomic E-state index is 0.557. The van der Waals surface area contributed by atoms with Crippen LogP contribution in [-0.2, 0) is 5.41 Å². The van der Waals surface area contributed by atoms with E-state index in [1.807, 2.05) is 48.5 Å². The van der Waals surface area contributed by atoms with Gasteiger partial charge in [0.2, 0.25) is 0 Å². The third-order valence-electron chi connectivity index (χ3n) is 13.7. The summed E-state index contributed by atoms with van der Waals surface area (Å²) in [6.07, 6.45) is 6.65. The van der Waals surface area contributed by atoms with Gasteiger partial charge in [-0.1, -0.05) is 158 Å². The van der Waals surface area contributed by atoms with Crippen LogP contribution in [0.2, 0.25) is 0 Å². The lowest BCUT2D eigenvalue weighted by molar-refractivity contribution is 0.668. The van der Waals surface area contributed by atoms with E-state index < -0.39 is 5.41 Å². The molecule has 0 aliphatic heterocycles. The van der Waals surface area contributed by atoms with Crippen LogP contribution in [-0.4, -0.2) is 15.0 Å². The predicted molar refractivity (Wildman–Crippen MR) is 253 cm³/mol. The maximum Gasteiger partial charge on any atom is 0.164 e. The second-order valence-corrected chi connectivity index (χ2v) is 16.8. The number of rotatable bonds is 3. The number of para-hydroxylation sites is 2. The standard InChI is InChI=1S/C58H35N3O2/c1-2-16-36-35(15-1)37-17-3-8-24-45(37)58(46-25-9-4-18-38(46)39-19-5-10-26-47(39)58)48-33-34(31-32-40(36)48)55-59-56(43-22-13-29-51-53(43)41-20-6-11-27-49(41)62-51)61-57(60-55)44-23-14-30-52-54(44)42-21-7-12-28-50(42)63-52/h1-9,11-25,27-33H,10,26H2. The molecule has 3 heterocycles. The summed E-state index contributed by atoms with van der Waals surface area (Å²) in [6.45, 7) is 0. The van der Waals surface area contributed by atoms with E-state index in [2.05, 4.69) is 140 Å². The summed E-state index contributed by atoms with van der Waals surface area (Å²) in [7, 11) is 0. The minimum Gasteiger partial charge on any atom is -0.456 e. The molecule has 0 N–H and O–H groups in total. The molecule has 3 aromatic heterocycles. The number of furan rings is 2. The Balaban J connectivity index is 1.09. The summed E-state index contributed by atoms with van der Waals surface area (Å²) in [4.78, 5) is 16.3. The number of benzene rings is 8. The highest BCUT2D eigenvalue weighted by Crippen LogP contribution is 2.62. The topological polar surface area (TPSA) is 65.0 Å². The Morgan fingerprint density at radius 2 is 0.889 bits per heavy atom. The van der Waals surface area contributed by atoms with Crippen LogP contribution in [0.5, 0.6) is 0 Å². The van der Waals surface area contributed by atoms with Gasteiger partial charge < -0.3 is 8.83 Å². The van der Waals surface area contributed by atoms with Crippen molar-refractivity contribution in [3.05, 3.63) is 216 Å². The summed E-state index contributed by atoms with van der Waals surface area (Å²) in [6, 6.07) is 62.6. The molecule has 1 atom stereocenters. The Hall–Kier alpha value is -8.15. The second-order valence-electron chi connectivity index (χ2n) is 16.8. The lowest BCUT2D eigenvalue weighted by Crippen LogP contribution is -2.31. The van der Waals surface area contributed by atoms with E-state index >= 15 is 0 Å². The van der Waals surface area contributed by atoms with Crippen LogP contribution in [0.3, 0.4) is 0 Å². The summed E-state index contributed by atoms with van der Waals surface area (Å²) in [5, 5.41) is 3.99. The van der Waals surface area contributed by atoms with Crippen molar-refractivity contribution in [3.63, 3.8) is 0 Å². The normalized spacial score (nSPS) is 16.1. The van der Waals surface area contributed by atoms with Crippen molar-refractivity contribution >= 4 is 49.5 Å². The monoisotopic (exact) mass is 805 g/mol. The Kier molecular flexibility index (Phi) is 7.09. The van der Waals surface area contributed by atoms with Crippen LogP contribution in [0.4, 0.5) is 0 Å². The summed E-state index contributed by atoms with van der Waals surface area (Å²) >= 11 is 0. The largest absolute Gasteiger partial charge is 0.456 e. The van der Waals surface area contributed by atoms with Gasteiger partial charge in [-0.25, -0.2) is 15.0 Å². The predicted octanol–water partition coefficient (Wildman–Crippen LogP) is 14.8. The van der Waals surface area contributed by atoms with Gasteiger partial charge >= 0.3 is 0 Å². The molecule has 0 amide bonds. The van der Waals surface area contributed by atoms with Crippen molar-refractivity contribution in [2.24, 2.45) is 0 Å². The number of fused-ring (bicyclic) bond motifs is 17. The van der Waals surface area contributed by atoms with Crippen molar-refractivity contribution in [3.8, 4) is 56.4 Å². The fourth-order valence-corrected chi connectivity index (χ4v) is 11.2. The first-order chi connectivity index (χ1) is 31.2. The Labute approximate surface area is 362 Å². The lowest BCUT2D eigenvalue weighted by atomic mass is 9.63. The van der Waals surface area contributed by atoms with Crippen LogP contribution in [0.25, 0.3) is 106 Å². The molecule has 5 nitrogen and oxygen atoms in total. The van der Waals surface area contributed by atoms with Gasteiger partial charge in [-0.15, -0.1) is 0 Å². The van der Waals surface area contributed by atoms with Gasteiger partial charge in [-0.05, 0) is 98.8 Å². The Morgan fingerprint density at radius 3 is 1.54 bits per heavy atom. The molecule has 3 aliphatic rings. The fraction of sp³-hybridized carbons (Fsp3) is 0.0517. The number of hydrogen-bond donors (Lipinski definition) is 0. The Bertz CT molecular complexity index is 3700. The van der Waals surface area contributed by atoms with E-state index in [0.717, 1.165) is 73.4 Å². The lowest BCUT2D eigenvalue weighted by Gasteiger charge is -2.38. The third-order valence-corrected chi connectivity index (χ3v) is 13.7. The first-order valence-electron chi connectivity index (χ1n) is 21.7. The first kappa shape index (κ1) is 34.6. The summed E-state index contributed by atoms with van der Waals surface area (Å²) < 4.78 is 12.8. The molecule has 14 rings (SSSR count). The van der Waals surface area contributed by atoms with Gasteiger partial charge in [0, 0.05) is 38.2 Å². The highest BCUT2D eigenvalue weighted by molar-refractivity contribution is 6.13. The van der Waals surface area contributed by atoms with Gasteiger partial charge in [-0.2, -0.15) is 0 Å². The minimum atomic E-state index is -0.557. The van der Waals surface area contributed by atoms with E-state index in [-0.39, 0.29) is 0 Å². The van der Waals surface area contributed by atoms with Crippen LogP contribution < -0.4 is 0 Å². The van der Waals surface area contributed by atoms with Crippen LogP contribution in [0.1, 0.15) is 35.1 Å². The van der Waals surface area contributed by atoms with E-state index in [4.69, 9.17) is 23.8 Å². The van der Waals surface area contributed by atoms with Crippen LogP contribution in [0.15, 0.2) is 202 Å². The molecular weight excluding hydrogens is 771 g/mol. The SMILES string of the molecule is C1=CC2=C(CC1)C1(c3ccccc32)c2ccccc2-c2ccccc2-c2ccc(-c3nc(-c4cccc5oc6ccccc6c45)nc(-c4cccc5oc6ccccc6c45)n3)cc21. The molecule has 0 fully saturated rings. The van der Waals surface area contributed by atoms with Gasteiger partial charge in [0.25, 0.3) is 0 Å². The van der Waals surface area contributed by atoms with Crippen molar-refractivity contribution in [2.75, 3.05) is 0 Å². The number of nitrogens with zero attached hydrogens (tertiary/aromatic N) is 3. The average Bonchev–Trinajstić information content (AvgIpc) is 4.00. The average molecular weight is 806 g/mol. The first-order valence-corrected chi connectivity index (χ1v) is 21.7. The molecule has 3 aliphatic carbocycles. The molecule has 8 aromatic carbocycles. The molecule has 0 bridgehead atoms. The zero-order chi connectivity index (χ0) is 41.2. The van der Waals surface area contributed by atoms with E-state index in [1.54, 1.807) is 0 Å². The maximum atomic E-state index is 6.40. The molecule has 0 saturated carbocycles. The molecule has 11 aromatic rings. The van der Waals surface area contributed by atoms with Gasteiger partial charge in [-0.3, -0.25) is 0 Å². The fourth-order valence-electron chi connectivity index (χ4n) is 11.2. The molecule has 0 radical (unpaired) electrons. The highest BCUT2D eigenvalue weighted by atomic mass is 16.3. The molecule has 0 saturated heterocycles. The second kappa shape index (κ2) is 12.9. The zero-order valence-corrected chi connectivity index (χ0v) is 34.0. The van der Waals surface area contributed by atoms with Gasteiger partial charge in [0.15, 0.2) is 17.5 Å². The van der Waals surface area contributed by atoms with Crippen LogP contribution in [0, 0.1) is 0 Å². The zero-order valence-electron chi connectivity index (χ0n) is 34.0. The van der Waals surface area contributed by atoms with Crippen molar-refractivity contribution in [2.45, 2.75) is 18.3 Å². The van der Waals surface area contributed by atoms with Gasteiger partial charge in [0.1, 0.15) is 22.3 Å². The number of aromatic nitrogens is 3. The molecule has 1 unspecified atom stereocenters. The molecule has 5 heteroatoms. The van der Waals surface area contributed by atoms with Crippen molar-refractivity contribution in [1.82, 2.24) is 15.0 Å². The Morgan fingerprint density at radius 1 is 0.397 bits per heavy atom. The number of hydrogen-bond acceptors (Lipinski definition) is 5. The molecule has 63 heavy (non-hydrogen) atoms. The molecular formula is C58H35N3O2. The van der Waals surface area contributed by atoms with E-state index in [0.29, 0.717) is 17.5 Å². The quantitative estimate of drug-likeness (QED) is 0.178. The molecule has 294 valence electrons. The maximum absolute atomic E-state index is 6.40. The van der Waals surface area contributed by atoms with Gasteiger partial charge in [0.05, 0.1) is 5.41 Å². The number of allylic oxidation sites excluding steroid dienone is 4. The summed E-state index contributed by atoms with van der Waals surface area (Å²) in [5.41, 5.74) is 18.2. The van der Waals surface area contributed by atoms with Crippen molar-refractivity contribution < 1.29 is 8.83 Å². The smallest absolute Gasteiger partial charge is 0.164 e. The van der Waals surface area contributed by atoms with E-state index in [1.165, 1.54) is 55.7 Å². The van der Waals surface area contributed by atoms with E-state index in [9.17, 15) is 0 Å².